The average Bonchev–Trinajstić information content (AvgIpc) is 2.11. The quantitative estimate of drug-likeness (QED) is 0.518. The first-order chi connectivity index (χ1) is 5.68. The Bertz CT molecular complexity index is 103. The molecule has 0 aliphatic rings. The zero-order valence-corrected chi connectivity index (χ0v) is 10.6. The molecule has 0 amide bonds. The second-order valence-electron chi connectivity index (χ2n) is 3.07. The molecule has 0 spiro atoms. The van der Waals surface area contributed by atoms with Crippen molar-refractivity contribution in [2.45, 2.75) is 39.5 Å². The summed E-state index contributed by atoms with van der Waals surface area (Å²) in [4.78, 5) is 0. The summed E-state index contributed by atoms with van der Waals surface area (Å²) < 4.78 is 0. The minimum Gasteiger partial charge on any atom is -0.243 e. The topological polar surface area (TPSA) is 26.0 Å². The van der Waals surface area contributed by atoms with Crippen molar-refractivity contribution in [3.63, 3.8) is 0 Å². The van der Waals surface area contributed by atoms with Crippen LogP contribution >= 0.6 is 29.5 Å². The predicted molar refractivity (Wildman–Crippen MR) is 65.8 cm³/mol. The minimum absolute atomic E-state index is 1.19. The van der Waals surface area contributed by atoms with E-state index in [4.69, 9.17) is 17.4 Å². The Labute approximate surface area is 86.6 Å². The van der Waals surface area contributed by atoms with Crippen LogP contribution in [0.15, 0.2) is 0 Å². The summed E-state index contributed by atoms with van der Waals surface area (Å²) in [5.41, 5.74) is -1.21. The lowest BCUT2D eigenvalue weighted by molar-refractivity contribution is 0.871. The van der Waals surface area contributed by atoms with Crippen LogP contribution in [0.3, 0.4) is 0 Å². The van der Waals surface area contributed by atoms with Crippen molar-refractivity contribution in [3.8, 4) is 0 Å². The summed E-state index contributed by atoms with van der Waals surface area (Å²) in [5, 5.41) is 5.65. The maximum Gasteiger partial charge on any atom is 0.165 e. The third-order valence-electron chi connectivity index (χ3n) is 1.90. The number of rotatable bonds is 7. The fraction of sp³-hybridized carbons (Fsp3) is 1.00. The smallest absolute Gasteiger partial charge is 0.165 e. The molecule has 0 unspecified atom stereocenters. The fourth-order valence-corrected chi connectivity index (χ4v) is 5.23. The molecular weight excluding hydrogens is 205 g/mol. The zero-order valence-electron chi connectivity index (χ0n) is 8.08. The highest BCUT2D eigenvalue weighted by atomic mass is 33.1. The van der Waals surface area contributed by atoms with Crippen molar-refractivity contribution >= 4 is 29.5 Å². The molecular formula is C8H20NPS2+. The van der Waals surface area contributed by atoms with E-state index in [1.807, 2.05) is 0 Å². The van der Waals surface area contributed by atoms with Crippen LogP contribution in [-0.2, 0) is 0 Å². The van der Waals surface area contributed by atoms with Crippen molar-refractivity contribution < 1.29 is 0 Å². The van der Waals surface area contributed by atoms with E-state index in [9.17, 15) is 0 Å². The van der Waals surface area contributed by atoms with Crippen LogP contribution in [0.1, 0.15) is 39.5 Å². The van der Waals surface area contributed by atoms with Gasteiger partial charge in [-0.2, -0.15) is 0 Å². The first-order valence-corrected chi connectivity index (χ1v) is 9.31. The third kappa shape index (κ3) is 5.69. The van der Waals surface area contributed by atoms with Gasteiger partial charge in [0.05, 0.1) is 12.3 Å². The van der Waals surface area contributed by atoms with Crippen LogP contribution in [0.2, 0.25) is 0 Å². The van der Waals surface area contributed by atoms with Crippen molar-refractivity contribution in [1.29, 1.82) is 0 Å². The lowest BCUT2D eigenvalue weighted by atomic mass is 10.4. The van der Waals surface area contributed by atoms with Gasteiger partial charge in [0.2, 0.25) is 0 Å². The van der Waals surface area contributed by atoms with Gasteiger partial charge >= 0.3 is 0 Å². The molecule has 0 heterocycles. The molecule has 0 atom stereocenters. The van der Waals surface area contributed by atoms with E-state index in [0.717, 1.165) is 0 Å². The van der Waals surface area contributed by atoms with Gasteiger partial charge in [-0.05, 0) is 12.8 Å². The maximum absolute atomic E-state index is 5.65. The van der Waals surface area contributed by atoms with Gasteiger partial charge in [-0.1, -0.05) is 26.7 Å². The van der Waals surface area contributed by atoms with Crippen molar-refractivity contribution in [2.75, 3.05) is 12.3 Å². The Kier molecular flexibility index (Phi) is 8.17. The molecule has 12 heavy (non-hydrogen) atoms. The van der Waals surface area contributed by atoms with E-state index >= 15 is 0 Å². The minimum atomic E-state index is -1.21. The van der Waals surface area contributed by atoms with Gasteiger partial charge in [0.25, 0.3) is 0 Å². The molecule has 0 aromatic heterocycles. The lowest BCUT2D eigenvalue weighted by Crippen LogP contribution is -1.97. The highest BCUT2D eigenvalue weighted by molar-refractivity contribution is 8.89. The monoisotopic (exact) mass is 225 g/mol. The third-order valence-corrected chi connectivity index (χ3v) is 8.39. The van der Waals surface area contributed by atoms with Crippen LogP contribution in [0.5, 0.6) is 0 Å². The second kappa shape index (κ2) is 7.49. The average molecular weight is 225 g/mol. The first-order valence-electron chi connectivity index (χ1n) is 4.65. The molecule has 0 aromatic rings. The van der Waals surface area contributed by atoms with Crippen LogP contribution in [-0.4, -0.2) is 12.3 Å². The molecule has 0 aromatic carbocycles. The Hall–Kier alpha value is 1.09. The summed E-state index contributed by atoms with van der Waals surface area (Å²) >= 11 is 7.06. The van der Waals surface area contributed by atoms with Crippen molar-refractivity contribution in [1.82, 2.24) is 0 Å². The van der Waals surface area contributed by atoms with Gasteiger partial charge in [-0.15, -0.1) is 0 Å². The zero-order chi connectivity index (χ0) is 9.45. The number of unbranched alkanes of at least 4 members (excludes halogenated alkanes) is 2. The summed E-state index contributed by atoms with van der Waals surface area (Å²) in [6.45, 7) is 4.42. The first kappa shape index (κ1) is 13.1. The summed E-state index contributed by atoms with van der Waals surface area (Å²) in [7, 11) is 0. The van der Waals surface area contributed by atoms with Gasteiger partial charge in [-0.25, -0.2) is 5.14 Å². The summed E-state index contributed by atoms with van der Waals surface area (Å²) in [5.74, 6) is 0. The summed E-state index contributed by atoms with van der Waals surface area (Å²) in [6, 6.07) is 0. The lowest BCUT2D eigenvalue weighted by Gasteiger charge is -2.14. The molecule has 4 heteroatoms. The van der Waals surface area contributed by atoms with E-state index < -0.39 is 5.67 Å². The van der Waals surface area contributed by atoms with Crippen LogP contribution < -0.4 is 5.14 Å². The van der Waals surface area contributed by atoms with Gasteiger partial charge < -0.3 is 0 Å². The molecule has 0 saturated carbocycles. The highest BCUT2D eigenvalue weighted by Crippen LogP contribution is 2.72. The summed E-state index contributed by atoms with van der Waals surface area (Å²) in [6.07, 6.45) is 7.38. The van der Waals surface area contributed by atoms with E-state index in [2.05, 4.69) is 13.8 Å². The molecule has 1 radical (unpaired) electrons. The van der Waals surface area contributed by atoms with E-state index in [1.165, 1.54) is 49.6 Å². The predicted octanol–water partition coefficient (Wildman–Crippen LogP) is 4.24. The van der Waals surface area contributed by atoms with E-state index in [1.54, 1.807) is 0 Å². The molecule has 0 bridgehead atoms. The van der Waals surface area contributed by atoms with Crippen LogP contribution in [0.4, 0.5) is 0 Å². The van der Waals surface area contributed by atoms with Gasteiger partial charge in [0.15, 0.2) is 5.67 Å². The van der Waals surface area contributed by atoms with Crippen molar-refractivity contribution in [2.24, 2.45) is 5.14 Å². The van der Waals surface area contributed by atoms with Crippen LogP contribution in [0, 0.1) is 0 Å². The van der Waals surface area contributed by atoms with Crippen molar-refractivity contribution in [3.05, 3.63) is 0 Å². The molecule has 0 fully saturated rings. The number of nitrogens with two attached hydrogens (primary N) is 1. The Balaban J connectivity index is 3.70. The normalized spacial score (nSPS) is 12.0. The number of hydrogen-bond donors (Lipinski definition) is 1. The maximum atomic E-state index is 5.65. The molecule has 0 saturated heterocycles. The molecule has 0 aliphatic carbocycles. The number of hydrogen-bond acceptors (Lipinski definition) is 2. The second-order valence-corrected chi connectivity index (χ2v) is 11.3. The SMILES string of the molecule is CCCC[P+]([S])(CCCC)SN. The molecule has 0 aliphatic heterocycles. The van der Waals surface area contributed by atoms with Gasteiger partial charge in [0.1, 0.15) is 23.8 Å². The van der Waals surface area contributed by atoms with Gasteiger partial charge in [0, 0.05) is 0 Å². The van der Waals surface area contributed by atoms with E-state index in [-0.39, 0.29) is 0 Å². The molecule has 1 nitrogen and oxygen atoms in total. The fourth-order valence-electron chi connectivity index (χ4n) is 1.02. The van der Waals surface area contributed by atoms with E-state index in [0.29, 0.717) is 0 Å². The molecule has 73 valence electrons. The highest BCUT2D eigenvalue weighted by Gasteiger charge is 2.34. The Morgan fingerprint density at radius 3 is 1.83 bits per heavy atom. The van der Waals surface area contributed by atoms with Crippen LogP contribution in [0.25, 0.3) is 0 Å². The largest absolute Gasteiger partial charge is 0.243 e. The molecule has 0 rings (SSSR count). The van der Waals surface area contributed by atoms with Gasteiger partial charge in [-0.3, -0.25) is 0 Å². The standard InChI is InChI=1S/C8H20NPS2/c1-3-5-7-10(11,12-9)8-6-4-2/h3-9H2,1-2H3/q+1. The Morgan fingerprint density at radius 1 is 1.17 bits per heavy atom. The Morgan fingerprint density at radius 2 is 1.58 bits per heavy atom. The molecule has 2 N–H and O–H groups in total.